The van der Waals surface area contributed by atoms with Crippen LogP contribution in [0.5, 0.6) is 0 Å². The SMILES string of the molecule is CCCCCCCCc1noc(C2CCCN2/C(=N/C(=O)C(C)(C)C)NC(=O)O)n1. The van der Waals surface area contributed by atoms with E-state index in [-0.39, 0.29) is 12.0 Å². The summed E-state index contributed by atoms with van der Waals surface area (Å²) >= 11 is 0. The van der Waals surface area contributed by atoms with E-state index in [9.17, 15) is 14.7 Å². The van der Waals surface area contributed by atoms with E-state index in [1.165, 1.54) is 25.7 Å². The molecule has 168 valence electrons. The predicted octanol–water partition coefficient (Wildman–Crippen LogP) is 4.31. The molecule has 0 aliphatic carbocycles. The van der Waals surface area contributed by atoms with Gasteiger partial charge in [0.2, 0.25) is 11.9 Å². The third kappa shape index (κ3) is 7.11. The summed E-state index contributed by atoms with van der Waals surface area (Å²) in [6.45, 7) is 7.98. The number of hydrogen-bond acceptors (Lipinski definition) is 5. The highest BCUT2D eigenvalue weighted by Gasteiger charge is 2.35. The van der Waals surface area contributed by atoms with Crippen molar-refractivity contribution in [3.05, 3.63) is 11.7 Å². The molecule has 1 unspecified atom stereocenters. The van der Waals surface area contributed by atoms with Crippen LogP contribution < -0.4 is 5.32 Å². The first-order valence-corrected chi connectivity index (χ1v) is 10.9. The number of nitrogens with zero attached hydrogens (tertiary/aromatic N) is 4. The quantitative estimate of drug-likeness (QED) is 0.364. The van der Waals surface area contributed by atoms with Crippen LogP contribution in [0.1, 0.15) is 96.8 Å². The average molecular weight is 422 g/mol. The maximum absolute atomic E-state index is 12.4. The Morgan fingerprint density at radius 3 is 2.60 bits per heavy atom. The number of carbonyl (C=O) groups excluding carboxylic acids is 1. The number of aliphatic imine (C=N–C) groups is 1. The minimum Gasteiger partial charge on any atom is -0.465 e. The summed E-state index contributed by atoms with van der Waals surface area (Å²) in [4.78, 5) is 34.0. The number of likely N-dealkylation sites (tertiary alicyclic amines) is 1. The molecule has 1 aromatic heterocycles. The second-order valence-corrected chi connectivity index (χ2v) is 8.84. The Hall–Kier alpha value is -2.45. The van der Waals surface area contributed by atoms with E-state index in [2.05, 4.69) is 27.4 Å². The lowest BCUT2D eigenvalue weighted by Gasteiger charge is -2.25. The molecule has 0 saturated carbocycles. The fourth-order valence-corrected chi connectivity index (χ4v) is 3.37. The summed E-state index contributed by atoms with van der Waals surface area (Å²) < 4.78 is 5.48. The van der Waals surface area contributed by atoms with Gasteiger partial charge in [-0.1, -0.05) is 65.0 Å². The van der Waals surface area contributed by atoms with Crippen molar-refractivity contribution in [1.29, 1.82) is 0 Å². The van der Waals surface area contributed by atoms with Gasteiger partial charge >= 0.3 is 6.09 Å². The van der Waals surface area contributed by atoms with Gasteiger partial charge in [0, 0.05) is 18.4 Å². The molecule has 0 bridgehead atoms. The normalized spacial score (nSPS) is 17.4. The monoisotopic (exact) mass is 421 g/mol. The van der Waals surface area contributed by atoms with Gasteiger partial charge in [-0.05, 0) is 19.3 Å². The number of unbranched alkanes of at least 4 members (excludes halogenated alkanes) is 5. The van der Waals surface area contributed by atoms with Crippen molar-refractivity contribution in [1.82, 2.24) is 20.4 Å². The van der Waals surface area contributed by atoms with Crippen LogP contribution >= 0.6 is 0 Å². The van der Waals surface area contributed by atoms with E-state index in [4.69, 9.17) is 4.52 Å². The lowest BCUT2D eigenvalue weighted by molar-refractivity contribution is -0.124. The van der Waals surface area contributed by atoms with Gasteiger partial charge in [-0.15, -0.1) is 0 Å². The molecule has 1 aliphatic rings. The summed E-state index contributed by atoms with van der Waals surface area (Å²) in [6, 6.07) is -0.297. The van der Waals surface area contributed by atoms with Crippen molar-refractivity contribution < 1.29 is 19.2 Å². The van der Waals surface area contributed by atoms with E-state index in [1.54, 1.807) is 25.7 Å². The molecule has 2 heterocycles. The molecule has 9 heteroatoms. The van der Waals surface area contributed by atoms with E-state index in [0.29, 0.717) is 18.3 Å². The average Bonchev–Trinajstić information content (AvgIpc) is 3.31. The Bertz CT molecular complexity index is 738. The molecule has 0 radical (unpaired) electrons. The van der Waals surface area contributed by atoms with Crippen molar-refractivity contribution in [2.45, 2.75) is 91.5 Å². The smallest absolute Gasteiger partial charge is 0.411 e. The third-order valence-electron chi connectivity index (χ3n) is 5.12. The molecule has 2 rings (SSSR count). The fraction of sp³-hybridized carbons (Fsp3) is 0.762. The van der Waals surface area contributed by atoms with Crippen LogP contribution in [-0.4, -0.2) is 44.7 Å². The molecule has 1 atom stereocenters. The van der Waals surface area contributed by atoms with E-state index < -0.39 is 17.4 Å². The fourth-order valence-electron chi connectivity index (χ4n) is 3.37. The Morgan fingerprint density at radius 1 is 1.23 bits per heavy atom. The molecule has 0 aromatic carbocycles. The summed E-state index contributed by atoms with van der Waals surface area (Å²) in [5.41, 5.74) is -0.713. The Morgan fingerprint density at radius 2 is 1.93 bits per heavy atom. The van der Waals surface area contributed by atoms with E-state index >= 15 is 0 Å². The van der Waals surface area contributed by atoms with Gasteiger partial charge in [-0.25, -0.2) is 4.79 Å². The highest BCUT2D eigenvalue weighted by molar-refractivity contribution is 6.01. The summed E-state index contributed by atoms with van der Waals surface area (Å²) in [6.07, 6.45) is 8.18. The molecular weight excluding hydrogens is 386 g/mol. The molecule has 1 aromatic rings. The highest BCUT2D eigenvalue weighted by atomic mass is 16.5. The van der Waals surface area contributed by atoms with Gasteiger partial charge in [0.25, 0.3) is 5.91 Å². The molecule has 2 N–H and O–H groups in total. The number of carboxylic acid groups (broad SMARTS) is 1. The molecule has 2 amide bonds. The van der Waals surface area contributed by atoms with Crippen LogP contribution in [0, 0.1) is 5.41 Å². The summed E-state index contributed by atoms with van der Waals surface area (Å²) in [7, 11) is 0. The second-order valence-electron chi connectivity index (χ2n) is 8.84. The van der Waals surface area contributed by atoms with Crippen molar-refractivity contribution in [3.63, 3.8) is 0 Å². The number of aryl methyl sites for hydroxylation is 1. The summed E-state index contributed by atoms with van der Waals surface area (Å²) in [5.74, 6) is 0.728. The van der Waals surface area contributed by atoms with Crippen LogP contribution in [-0.2, 0) is 11.2 Å². The van der Waals surface area contributed by atoms with Gasteiger partial charge < -0.3 is 14.5 Å². The van der Waals surface area contributed by atoms with Gasteiger partial charge in [-0.2, -0.15) is 9.98 Å². The molecule has 1 aliphatic heterocycles. The molecular formula is C21H35N5O4. The van der Waals surface area contributed by atoms with E-state index in [1.807, 2.05) is 0 Å². The predicted molar refractivity (Wildman–Crippen MR) is 113 cm³/mol. The zero-order valence-electron chi connectivity index (χ0n) is 18.6. The zero-order valence-corrected chi connectivity index (χ0v) is 18.6. The van der Waals surface area contributed by atoms with Gasteiger partial charge in [0.05, 0.1) is 0 Å². The maximum Gasteiger partial charge on any atom is 0.411 e. The Kier molecular flexibility index (Phi) is 8.80. The largest absolute Gasteiger partial charge is 0.465 e. The van der Waals surface area contributed by atoms with Crippen LogP contribution in [0.15, 0.2) is 9.52 Å². The lowest BCUT2D eigenvalue weighted by Crippen LogP contribution is -2.44. The Labute approximate surface area is 178 Å². The van der Waals surface area contributed by atoms with Crippen LogP contribution in [0.3, 0.4) is 0 Å². The van der Waals surface area contributed by atoms with Crippen LogP contribution in [0.25, 0.3) is 0 Å². The number of aromatic nitrogens is 2. The molecule has 1 saturated heterocycles. The minimum atomic E-state index is -1.27. The molecule has 0 spiro atoms. The summed E-state index contributed by atoms with van der Waals surface area (Å²) in [5, 5.41) is 15.6. The van der Waals surface area contributed by atoms with Gasteiger partial charge in [0.1, 0.15) is 6.04 Å². The number of hydrogen-bond donors (Lipinski definition) is 2. The van der Waals surface area contributed by atoms with Crippen molar-refractivity contribution in [2.75, 3.05) is 6.54 Å². The second kappa shape index (κ2) is 11.1. The maximum atomic E-state index is 12.4. The number of amides is 2. The van der Waals surface area contributed by atoms with Crippen molar-refractivity contribution in [3.8, 4) is 0 Å². The van der Waals surface area contributed by atoms with Gasteiger partial charge in [-0.3, -0.25) is 10.1 Å². The molecule has 9 nitrogen and oxygen atoms in total. The number of rotatable bonds is 8. The number of carbonyl (C=O) groups is 2. The zero-order chi connectivity index (χ0) is 22.1. The first-order valence-electron chi connectivity index (χ1n) is 10.9. The Balaban J connectivity index is 2.06. The van der Waals surface area contributed by atoms with Crippen LogP contribution in [0.4, 0.5) is 4.79 Å². The van der Waals surface area contributed by atoms with Crippen molar-refractivity contribution in [2.24, 2.45) is 10.4 Å². The molecule has 1 fully saturated rings. The standard InChI is InChI=1S/C21H35N5O4/c1-5-6-7-8-9-10-13-16-22-17(30-25-16)15-12-11-14-26(15)19(24-20(28)29)23-18(27)21(2,3)4/h15H,5-14H2,1-4H3,(H,28,29)(H,23,24,27). The first-order chi connectivity index (χ1) is 14.2. The topological polar surface area (TPSA) is 121 Å². The minimum absolute atomic E-state index is 0.0144. The van der Waals surface area contributed by atoms with Gasteiger partial charge in [0.15, 0.2) is 5.82 Å². The first kappa shape index (κ1) is 23.8. The lowest BCUT2D eigenvalue weighted by atomic mass is 9.96. The van der Waals surface area contributed by atoms with Crippen LogP contribution in [0.2, 0.25) is 0 Å². The third-order valence-corrected chi connectivity index (χ3v) is 5.12. The molecule has 30 heavy (non-hydrogen) atoms. The van der Waals surface area contributed by atoms with Crippen molar-refractivity contribution >= 4 is 18.0 Å². The van der Waals surface area contributed by atoms with E-state index in [0.717, 1.165) is 32.1 Å². The highest BCUT2D eigenvalue weighted by Crippen LogP contribution is 2.31. The number of nitrogens with one attached hydrogen (secondary N) is 1. The number of guanidine groups is 1.